The molecule has 0 unspecified atom stereocenters. The molecule has 1 aromatic rings. The molecule has 0 heterocycles. The zero-order valence-corrected chi connectivity index (χ0v) is 9.56. The van der Waals surface area contributed by atoms with Gasteiger partial charge in [-0.1, -0.05) is 18.2 Å². The highest BCUT2D eigenvalue weighted by Crippen LogP contribution is 2.18. The van der Waals surface area contributed by atoms with Crippen molar-refractivity contribution in [3.8, 4) is 5.75 Å². The highest BCUT2D eigenvalue weighted by atomic mass is 16.5. The third kappa shape index (κ3) is 3.77. The second-order valence-corrected chi connectivity index (χ2v) is 3.55. The van der Waals surface area contributed by atoms with Gasteiger partial charge in [0.1, 0.15) is 5.75 Å². The Hall–Kier alpha value is -1.77. The Labute approximate surface area is 95.4 Å². The minimum absolute atomic E-state index is 0.174. The average molecular weight is 220 g/mol. The lowest BCUT2D eigenvalue weighted by Crippen LogP contribution is -1.92. The summed E-state index contributed by atoms with van der Waals surface area (Å²) in [5, 5.41) is 8.52. The molecule has 0 atom stereocenters. The van der Waals surface area contributed by atoms with Crippen molar-refractivity contribution in [3.05, 3.63) is 35.9 Å². The molecule has 0 aromatic heterocycles. The maximum Gasteiger partial charge on any atom is 0.303 e. The molecule has 0 aliphatic rings. The fraction of sp³-hybridized carbons (Fsp3) is 0.308. The number of rotatable bonds is 5. The van der Waals surface area contributed by atoms with Crippen LogP contribution in [0.3, 0.4) is 0 Å². The smallest absolute Gasteiger partial charge is 0.303 e. The fourth-order valence-electron chi connectivity index (χ4n) is 1.38. The van der Waals surface area contributed by atoms with E-state index < -0.39 is 5.97 Å². The van der Waals surface area contributed by atoms with Crippen LogP contribution in [0.1, 0.15) is 25.3 Å². The van der Waals surface area contributed by atoms with Crippen LogP contribution in [-0.2, 0) is 4.79 Å². The minimum atomic E-state index is -0.765. The van der Waals surface area contributed by atoms with E-state index in [4.69, 9.17) is 9.84 Å². The Morgan fingerprint density at radius 1 is 1.38 bits per heavy atom. The molecule has 0 fully saturated rings. The topological polar surface area (TPSA) is 46.5 Å². The SMILES string of the molecule is COc1ccc(/C(C)=C/CCC(=O)O)cc1. The fourth-order valence-corrected chi connectivity index (χ4v) is 1.38. The first-order valence-corrected chi connectivity index (χ1v) is 5.16. The van der Waals surface area contributed by atoms with Gasteiger partial charge in [-0.2, -0.15) is 0 Å². The quantitative estimate of drug-likeness (QED) is 0.829. The third-order valence-electron chi connectivity index (χ3n) is 2.35. The van der Waals surface area contributed by atoms with Crippen molar-refractivity contribution in [2.24, 2.45) is 0 Å². The van der Waals surface area contributed by atoms with E-state index in [9.17, 15) is 4.79 Å². The Morgan fingerprint density at radius 2 is 2.00 bits per heavy atom. The average Bonchev–Trinajstić information content (AvgIpc) is 2.28. The van der Waals surface area contributed by atoms with Crippen molar-refractivity contribution in [2.75, 3.05) is 7.11 Å². The number of ether oxygens (including phenoxy) is 1. The molecule has 1 N–H and O–H groups in total. The normalized spacial score (nSPS) is 11.2. The van der Waals surface area contributed by atoms with E-state index in [1.54, 1.807) is 7.11 Å². The molecule has 3 nitrogen and oxygen atoms in total. The molecule has 0 saturated carbocycles. The minimum Gasteiger partial charge on any atom is -0.497 e. The standard InChI is InChI=1S/C13H16O3/c1-10(4-3-5-13(14)15)11-6-8-12(16-2)9-7-11/h4,6-9H,3,5H2,1-2H3,(H,14,15)/b10-4+. The molecule has 0 bridgehead atoms. The van der Waals surface area contributed by atoms with Crippen LogP contribution < -0.4 is 4.74 Å². The van der Waals surface area contributed by atoms with Gasteiger partial charge in [0.2, 0.25) is 0 Å². The Bertz CT molecular complexity index is 377. The molecule has 0 aliphatic carbocycles. The molecule has 86 valence electrons. The van der Waals surface area contributed by atoms with Crippen molar-refractivity contribution in [3.63, 3.8) is 0 Å². The van der Waals surface area contributed by atoms with Gasteiger partial charge >= 0.3 is 5.97 Å². The van der Waals surface area contributed by atoms with Crippen LogP contribution in [0.4, 0.5) is 0 Å². The van der Waals surface area contributed by atoms with Gasteiger partial charge < -0.3 is 9.84 Å². The van der Waals surface area contributed by atoms with Crippen molar-refractivity contribution >= 4 is 11.5 Å². The van der Waals surface area contributed by atoms with Gasteiger partial charge in [0, 0.05) is 6.42 Å². The Balaban J connectivity index is 2.64. The molecule has 0 spiro atoms. The van der Waals surface area contributed by atoms with Crippen LogP contribution in [0.15, 0.2) is 30.3 Å². The molecule has 0 saturated heterocycles. The molecular weight excluding hydrogens is 204 g/mol. The molecule has 0 amide bonds. The lowest BCUT2D eigenvalue weighted by Gasteiger charge is -2.03. The molecule has 0 aliphatic heterocycles. The summed E-state index contributed by atoms with van der Waals surface area (Å²) in [4.78, 5) is 10.4. The zero-order chi connectivity index (χ0) is 12.0. The van der Waals surface area contributed by atoms with Crippen molar-refractivity contribution in [1.29, 1.82) is 0 Å². The van der Waals surface area contributed by atoms with Gasteiger partial charge in [-0.15, -0.1) is 0 Å². The number of allylic oxidation sites excluding steroid dienone is 2. The summed E-state index contributed by atoms with van der Waals surface area (Å²) in [5.74, 6) is 0.0564. The van der Waals surface area contributed by atoms with Gasteiger partial charge in [-0.05, 0) is 36.6 Å². The molecular formula is C13H16O3. The Kier molecular flexibility index (Phi) is 4.58. The third-order valence-corrected chi connectivity index (χ3v) is 2.35. The number of methoxy groups -OCH3 is 1. The lowest BCUT2D eigenvalue weighted by molar-refractivity contribution is -0.136. The van der Waals surface area contributed by atoms with E-state index in [0.29, 0.717) is 6.42 Å². The van der Waals surface area contributed by atoms with E-state index in [2.05, 4.69) is 0 Å². The van der Waals surface area contributed by atoms with Crippen LogP contribution in [0.2, 0.25) is 0 Å². The van der Waals surface area contributed by atoms with E-state index in [-0.39, 0.29) is 6.42 Å². The Morgan fingerprint density at radius 3 is 2.50 bits per heavy atom. The predicted molar refractivity (Wildman–Crippen MR) is 63.5 cm³/mol. The summed E-state index contributed by atoms with van der Waals surface area (Å²) >= 11 is 0. The van der Waals surface area contributed by atoms with Gasteiger partial charge in [0.25, 0.3) is 0 Å². The van der Waals surface area contributed by atoms with Crippen molar-refractivity contribution < 1.29 is 14.6 Å². The highest BCUT2D eigenvalue weighted by Gasteiger charge is 1.98. The van der Waals surface area contributed by atoms with Gasteiger partial charge in [-0.3, -0.25) is 4.79 Å². The van der Waals surface area contributed by atoms with Crippen LogP contribution in [0, 0.1) is 0 Å². The molecule has 3 heteroatoms. The van der Waals surface area contributed by atoms with E-state index in [0.717, 1.165) is 16.9 Å². The maximum absolute atomic E-state index is 10.4. The lowest BCUT2D eigenvalue weighted by atomic mass is 10.1. The van der Waals surface area contributed by atoms with Gasteiger partial charge in [0.05, 0.1) is 7.11 Å². The maximum atomic E-state index is 10.4. The molecule has 0 radical (unpaired) electrons. The van der Waals surface area contributed by atoms with Crippen LogP contribution in [-0.4, -0.2) is 18.2 Å². The highest BCUT2D eigenvalue weighted by molar-refractivity contribution is 5.68. The number of hydrogen-bond donors (Lipinski definition) is 1. The van der Waals surface area contributed by atoms with E-state index >= 15 is 0 Å². The van der Waals surface area contributed by atoms with Crippen molar-refractivity contribution in [1.82, 2.24) is 0 Å². The zero-order valence-electron chi connectivity index (χ0n) is 9.56. The summed E-state index contributed by atoms with van der Waals surface area (Å²) in [6, 6.07) is 7.71. The summed E-state index contributed by atoms with van der Waals surface area (Å²) in [6.07, 6.45) is 2.68. The van der Waals surface area contributed by atoms with E-state index in [1.807, 2.05) is 37.3 Å². The number of aliphatic carboxylic acids is 1. The largest absolute Gasteiger partial charge is 0.497 e. The summed E-state index contributed by atoms with van der Waals surface area (Å²) in [6.45, 7) is 1.98. The first-order valence-electron chi connectivity index (χ1n) is 5.16. The number of benzene rings is 1. The molecule has 1 aromatic carbocycles. The van der Waals surface area contributed by atoms with Crippen LogP contribution >= 0.6 is 0 Å². The second kappa shape index (κ2) is 5.95. The first kappa shape index (κ1) is 12.3. The number of carboxylic acid groups (broad SMARTS) is 1. The first-order chi connectivity index (χ1) is 7.63. The number of hydrogen-bond acceptors (Lipinski definition) is 2. The van der Waals surface area contributed by atoms with Crippen LogP contribution in [0.5, 0.6) is 5.75 Å². The van der Waals surface area contributed by atoms with Gasteiger partial charge in [0.15, 0.2) is 0 Å². The monoisotopic (exact) mass is 220 g/mol. The van der Waals surface area contributed by atoms with Crippen molar-refractivity contribution in [2.45, 2.75) is 19.8 Å². The predicted octanol–water partition coefficient (Wildman–Crippen LogP) is 2.96. The van der Waals surface area contributed by atoms with Crippen LogP contribution in [0.25, 0.3) is 5.57 Å². The second-order valence-electron chi connectivity index (χ2n) is 3.55. The summed E-state index contributed by atoms with van der Waals surface area (Å²) < 4.78 is 5.06. The van der Waals surface area contributed by atoms with Gasteiger partial charge in [-0.25, -0.2) is 0 Å². The molecule has 16 heavy (non-hydrogen) atoms. The summed E-state index contributed by atoms with van der Waals surface area (Å²) in [7, 11) is 1.63. The van der Waals surface area contributed by atoms with E-state index in [1.165, 1.54) is 0 Å². The number of carboxylic acids is 1. The molecule has 1 rings (SSSR count). The summed E-state index contributed by atoms with van der Waals surface area (Å²) in [5.41, 5.74) is 2.18. The number of carbonyl (C=O) groups is 1.